The average Bonchev–Trinajstić information content (AvgIpc) is 3.18. The van der Waals surface area contributed by atoms with Gasteiger partial charge in [0.2, 0.25) is 0 Å². The Bertz CT molecular complexity index is 1540. The second-order valence-corrected chi connectivity index (χ2v) is 10.1. The third kappa shape index (κ3) is 5.59. The van der Waals surface area contributed by atoms with E-state index in [9.17, 15) is 17.6 Å². The number of aromatic nitrogens is 1. The molecule has 0 fully saturated rings. The van der Waals surface area contributed by atoms with Crippen LogP contribution < -0.4 is 14.3 Å². The SMILES string of the molecule is COCCn1c(=NC(=O)c2cccc(NS(=O)(=O)c3ccc(F)cc3)c2)sc2cc(OC)ccc21. The summed E-state index contributed by atoms with van der Waals surface area (Å²) in [6.07, 6.45) is 0. The number of methoxy groups -OCH3 is 2. The number of ether oxygens (including phenoxy) is 2. The van der Waals surface area contributed by atoms with E-state index in [4.69, 9.17) is 9.47 Å². The second kappa shape index (κ2) is 10.4. The van der Waals surface area contributed by atoms with Crippen LogP contribution in [0.25, 0.3) is 10.2 Å². The Morgan fingerprint density at radius 1 is 1.09 bits per heavy atom. The fourth-order valence-corrected chi connectivity index (χ4v) is 5.49. The van der Waals surface area contributed by atoms with Gasteiger partial charge in [-0.05, 0) is 60.7 Å². The smallest absolute Gasteiger partial charge is 0.279 e. The van der Waals surface area contributed by atoms with Gasteiger partial charge in [-0.15, -0.1) is 0 Å². The molecular formula is C24H22FN3O5S2. The standard InChI is InChI=1S/C24H22FN3O5S2/c1-32-13-12-28-21-11-8-19(33-2)15-22(21)34-24(28)26-23(29)16-4-3-5-18(14-16)27-35(30,31)20-9-6-17(25)7-10-20/h3-11,14-15,27H,12-13H2,1-2H3. The van der Waals surface area contributed by atoms with Crippen LogP contribution in [0.2, 0.25) is 0 Å². The lowest BCUT2D eigenvalue weighted by atomic mass is 10.2. The molecule has 3 aromatic carbocycles. The van der Waals surface area contributed by atoms with E-state index in [0.717, 1.165) is 34.5 Å². The van der Waals surface area contributed by atoms with Gasteiger partial charge in [0, 0.05) is 24.9 Å². The molecule has 0 bridgehead atoms. The Morgan fingerprint density at radius 3 is 2.57 bits per heavy atom. The maximum absolute atomic E-state index is 13.1. The third-order valence-electron chi connectivity index (χ3n) is 5.09. The van der Waals surface area contributed by atoms with Crippen LogP contribution in [0, 0.1) is 5.82 Å². The summed E-state index contributed by atoms with van der Waals surface area (Å²) in [5, 5.41) is 0. The molecule has 182 valence electrons. The Balaban J connectivity index is 1.67. The number of rotatable bonds is 8. The minimum absolute atomic E-state index is 0.0970. The first-order valence-corrected chi connectivity index (χ1v) is 12.7. The first kappa shape index (κ1) is 24.6. The molecule has 4 aromatic rings. The number of nitrogens with zero attached hydrogens (tertiary/aromatic N) is 2. The number of amides is 1. The van der Waals surface area contributed by atoms with Gasteiger partial charge in [0.15, 0.2) is 4.80 Å². The van der Waals surface area contributed by atoms with Crippen LogP contribution in [0.4, 0.5) is 10.1 Å². The highest BCUT2D eigenvalue weighted by molar-refractivity contribution is 7.92. The molecular weight excluding hydrogens is 493 g/mol. The van der Waals surface area contributed by atoms with Gasteiger partial charge in [-0.25, -0.2) is 12.8 Å². The van der Waals surface area contributed by atoms with Gasteiger partial charge < -0.3 is 14.0 Å². The summed E-state index contributed by atoms with van der Waals surface area (Å²) in [7, 11) is -0.780. The number of hydrogen-bond donors (Lipinski definition) is 1. The third-order valence-corrected chi connectivity index (χ3v) is 7.53. The number of sulfonamides is 1. The van der Waals surface area contributed by atoms with Gasteiger partial charge in [0.1, 0.15) is 11.6 Å². The van der Waals surface area contributed by atoms with Crippen molar-refractivity contribution in [2.75, 3.05) is 25.5 Å². The minimum Gasteiger partial charge on any atom is -0.497 e. The van der Waals surface area contributed by atoms with Crippen molar-refractivity contribution < 1.29 is 27.1 Å². The number of fused-ring (bicyclic) bond motifs is 1. The molecule has 0 aliphatic heterocycles. The lowest BCUT2D eigenvalue weighted by molar-refractivity contribution is 0.0997. The van der Waals surface area contributed by atoms with Crippen molar-refractivity contribution in [1.82, 2.24) is 4.57 Å². The van der Waals surface area contributed by atoms with E-state index in [-0.39, 0.29) is 16.1 Å². The fourth-order valence-electron chi connectivity index (χ4n) is 3.36. The van der Waals surface area contributed by atoms with Crippen molar-refractivity contribution in [2.24, 2.45) is 4.99 Å². The lowest BCUT2D eigenvalue weighted by Crippen LogP contribution is -2.19. The molecule has 0 aliphatic carbocycles. The van der Waals surface area contributed by atoms with Gasteiger partial charge in [-0.2, -0.15) is 4.99 Å². The largest absolute Gasteiger partial charge is 0.497 e. The molecule has 0 radical (unpaired) electrons. The van der Waals surface area contributed by atoms with Gasteiger partial charge >= 0.3 is 0 Å². The maximum Gasteiger partial charge on any atom is 0.279 e. The monoisotopic (exact) mass is 515 g/mol. The van der Waals surface area contributed by atoms with Crippen molar-refractivity contribution in [3.63, 3.8) is 0 Å². The topological polar surface area (TPSA) is 99.0 Å². The number of anilines is 1. The summed E-state index contributed by atoms with van der Waals surface area (Å²) in [5.41, 5.74) is 1.28. The van der Waals surface area contributed by atoms with Crippen LogP contribution in [0.5, 0.6) is 5.75 Å². The van der Waals surface area contributed by atoms with E-state index in [0.29, 0.717) is 23.7 Å². The van der Waals surface area contributed by atoms with Crippen LogP contribution in [0.15, 0.2) is 76.6 Å². The molecule has 0 aliphatic rings. The second-order valence-electron chi connectivity index (χ2n) is 7.42. The van der Waals surface area contributed by atoms with E-state index in [1.54, 1.807) is 26.4 Å². The summed E-state index contributed by atoms with van der Waals surface area (Å²) < 4.78 is 54.1. The Hall–Kier alpha value is -3.54. The molecule has 0 spiro atoms. The Morgan fingerprint density at radius 2 is 1.86 bits per heavy atom. The minimum atomic E-state index is -3.96. The zero-order valence-electron chi connectivity index (χ0n) is 18.9. The normalized spacial score (nSPS) is 12.1. The van der Waals surface area contributed by atoms with Crippen LogP contribution in [0.3, 0.4) is 0 Å². The van der Waals surface area contributed by atoms with E-state index in [1.165, 1.54) is 23.5 Å². The summed E-state index contributed by atoms with van der Waals surface area (Å²) in [4.78, 5) is 17.7. The number of halogens is 1. The van der Waals surface area contributed by atoms with E-state index in [2.05, 4.69) is 9.71 Å². The summed E-state index contributed by atoms with van der Waals surface area (Å²) in [5.74, 6) is -0.380. The van der Waals surface area contributed by atoms with Crippen LogP contribution >= 0.6 is 11.3 Å². The molecule has 35 heavy (non-hydrogen) atoms. The Kier molecular flexibility index (Phi) is 7.29. The van der Waals surface area contributed by atoms with Gasteiger partial charge in [0.25, 0.3) is 15.9 Å². The van der Waals surface area contributed by atoms with Crippen LogP contribution in [-0.4, -0.2) is 39.7 Å². The summed E-state index contributed by atoms with van der Waals surface area (Å²) in [6, 6.07) is 16.1. The van der Waals surface area contributed by atoms with Gasteiger partial charge in [-0.1, -0.05) is 17.4 Å². The number of benzene rings is 3. The molecule has 1 amide bonds. The number of carbonyl (C=O) groups is 1. The van der Waals surface area contributed by atoms with E-state index < -0.39 is 21.7 Å². The van der Waals surface area contributed by atoms with Gasteiger partial charge in [-0.3, -0.25) is 9.52 Å². The zero-order chi connectivity index (χ0) is 25.0. The van der Waals surface area contributed by atoms with E-state index in [1.807, 2.05) is 22.8 Å². The molecule has 1 aromatic heterocycles. The molecule has 1 heterocycles. The summed E-state index contributed by atoms with van der Waals surface area (Å²) in [6.45, 7) is 0.923. The number of carbonyl (C=O) groups excluding carboxylic acids is 1. The van der Waals surface area contributed by atoms with Crippen molar-refractivity contribution in [1.29, 1.82) is 0 Å². The fraction of sp³-hybridized carbons (Fsp3) is 0.167. The number of nitrogens with one attached hydrogen (secondary N) is 1. The van der Waals surface area contributed by atoms with Crippen molar-refractivity contribution in [3.05, 3.63) is 82.9 Å². The number of hydrogen-bond acceptors (Lipinski definition) is 6. The Labute approximate surface area is 205 Å². The summed E-state index contributed by atoms with van der Waals surface area (Å²) >= 11 is 1.34. The van der Waals surface area contributed by atoms with Crippen LogP contribution in [-0.2, 0) is 21.3 Å². The molecule has 1 N–H and O–H groups in total. The first-order valence-electron chi connectivity index (χ1n) is 10.4. The van der Waals surface area contributed by atoms with Crippen LogP contribution in [0.1, 0.15) is 10.4 Å². The van der Waals surface area contributed by atoms with Gasteiger partial charge in [0.05, 0.1) is 28.8 Å². The molecule has 11 heteroatoms. The lowest BCUT2D eigenvalue weighted by Gasteiger charge is -2.09. The molecule has 8 nitrogen and oxygen atoms in total. The molecule has 0 saturated heterocycles. The molecule has 0 saturated carbocycles. The van der Waals surface area contributed by atoms with E-state index >= 15 is 0 Å². The predicted molar refractivity (Wildman–Crippen MR) is 132 cm³/mol. The molecule has 0 atom stereocenters. The highest BCUT2D eigenvalue weighted by Crippen LogP contribution is 2.23. The maximum atomic E-state index is 13.1. The number of thiazole rings is 1. The van der Waals surface area contributed by atoms with Crippen molar-refractivity contribution >= 4 is 43.2 Å². The first-order chi connectivity index (χ1) is 16.8. The van der Waals surface area contributed by atoms with Crippen molar-refractivity contribution in [2.45, 2.75) is 11.4 Å². The highest BCUT2D eigenvalue weighted by atomic mass is 32.2. The average molecular weight is 516 g/mol. The molecule has 4 rings (SSSR count). The highest BCUT2D eigenvalue weighted by Gasteiger charge is 2.16. The predicted octanol–water partition coefficient (Wildman–Crippen LogP) is 4.04. The van der Waals surface area contributed by atoms with Crippen molar-refractivity contribution in [3.8, 4) is 5.75 Å². The zero-order valence-corrected chi connectivity index (χ0v) is 20.5. The quantitative estimate of drug-likeness (QED) is 0.382. The molecule has 0 unspecified atom stereocenters.